The van der Waals surface area contributed by atoms with E-state index in [0.29, 0.717) is 0 Å². The molecule has 0 saturated heterocycles. The molecule has 140 valence electrons. The van der Waals surface area contributed by atoms with E-state index < -0.39 is 0 Å². The molecule has 0 aromatic heterocycles. The lowest BCUT2D eigenvalue weighted by Crippen LogP contribution is -2.27. The van der Waals surface area contributed by atoms with Crippen molar-refractivity contribution < 1.29 is 0 Å². The van der Waals surface area contributed by atoms with Gasteiger partial charge in [0.05, 0.1) is 0 Å². The molecule has 0 atom stereocenters. The van der Waals surface area contributed by atoms with Crippen LogP contribution in [0.4, 0.5) is 0 Å². The summed E-state index contributed by atoms with van der Waals surface area (Å²) in [6.45, 7) is 6.48. The third kappa shape index (κ3) is 4.98. The van der Waals surface area contributed by atoms with Crippen LogP contribution in [0.2, 0.25) is 0 Å². The summed E-state index contributed by atoms with van der Waals surface area (Å²) >= 11 is 0. The van der Waals surface area contributed by atoms with Crippen molar-refractivity contribution in [3.63, 3.8) is 0 Å². The summed E-state index contributed by atoms with van der Waals surface area (Å²) in [5.74, 6) is 0. The summed E-state index contributed by atoms with van der Waals surface area (Å²) in [6, 6.07) is 9.23. The van der Waals surface area contributed by atoms with Crippen molar-refractivity contribution in [1.82, 2.24) is 0 Å². The van der Waals surface area contributed by atoms with Crippen LogP contribution in [-0.2, 0) is 0 Å². The topological polar surface area (TPSA) is 0 Å². The fourth-order valence-electron chi connectivity index (χ4n) is 4.75. The molecule has 2 aliphatic carbocycles. The molecule has 26 heavy (non-hydrogen) atoms. The standard InChI is InChI=1S/C25H35P/c1-3-4-7-14-21(2)24-19-12-13-20-25(24)26(22-15-8-5-9-16-22)23-17-10-6-11-18-23/h3-4,7,12-14,19-20,22-23H,2,5-6,8-11,15-18H2,1H3/b4-3-,14-7-. The molecule has 2 aliphatic rings. The molecule has 0 nitrogen and oxygen atoms in total. The zero-order valence-electron chi connectivity index (χ0n) is 16.5. The first kappa shape index (κ1) is 19.6. The summed E-state index contributed by atoms with van der Waals surface area (Å²) in [7, 11) is -0.0767. The molecule has 0 aliphatic heterocycles. The Balaban J connectivity index is 1.93. The highest BCUT2D eigenvalue weighted by atomic mass is 31.1. The average Bonchev–Trinajstić information content (AvgIpc) is 2.70. The van der Waals surface area contributed by atoms with E-state index in [1.807, 2.05) is 0 Å². The third-order valence-electron chi connectivity index (χ3n) is 6.07. The van der Waals surface area contributed by atoms with Gasteiger partial charge in [-0.05, 0) is 60.4 Å². The summed E-state index contributed by atoms with van der Waals surface area (Å²) in [5.41, 5.74) is 4.47. The molecule has 0 unspecified atom stereocenters. The zero-order valence-corrected chi connectivity index (χ0v) is 17.4. The quantitative estimate of drug-likeness (QED) is 0.359. The lowest BCUT2D eigenvalue weighted by Gasteiger charge is -2.39. The second-order valence-electron chi connectivity index (χ2n) is 7.92. The lowest BCUT2D eigenvalue weighted by atomic mass is 9.99. The molecule has 0 bridgehead atoms. The molecule has 0 amide bonds. The number of hydrogen-bond acceptors (Lipinski definition) is 0. The van der Waals surface area contributed by atoms with Gasteiger partial charge in [0.2, 0.25) is 0 Å². The normalized spacial score (nSPS) is 20.4. The van der Waals surface area contributed by atoms with Gasteiger partial charge in [-0.2, -0.15) is 0 Å². The summed E-state index contributed by atoms with van der Waals surface area (Å²) in [6.07, 6.45) is 23.0. The smallest absolute Gasteiger partial charge is 0.0113 e. The van der Waals surface area contributed by atoms with Crippen LogP contribution < -0.4 is 5.30 Å². The highest BCUT2D eigenvalue weighted by Crippen LogP contribution is 2.55. The van der Waals surface area contributed by atoms with Crippen molar-refractivity contribution in [1.29, 1.82) is 0 Å². The van der Waals surface area contributed by atoms with Crippen molar-refractivity contribution in [2.75, 3.05) is 0 Å². The molecule has 0 N–H and O–H groups in total. The van der Waals surface area contributed by atoms with Crippen molar-refractivity contribution >= 4 is 18.8 Å². The van der Waals surface area contributed by atoms with Gasteiger partial charge in [0, 0.05) is 0 Å². The molecular weight excluding hydrogens is 331 g/mol. The Kier molecular flexibility index (Phi) is 7.75. The van der Waals surface area contributed by atoms with Crippen LogP contribution in [-0.4, -0.2) is 11.3 Å². The number of hydrogen-bond donors (Lipinski definition) is 0. The lowest BCUT2D eigenvalue weighted by molar-refractivity contribution is 0.487. The van der Waals surface area contributed by atoms with Crippen molar-refractivity contribution in [3.05, 3.63) is 60.7 Å². The monoisotopic (exact) mass is 366 g/mol. The van der Waals surface area contributed by atoms with E-state index >= 15 is 0 Å². The fraction of sp³-hybridized carbons (Fsp3) is 0.520. The number of allylic oxidation sites excluding steroid dienone is 5. The van der Waals surface area contributed by atoms with Crippen molar-refractivity contribution in [2.45, 2.75) is 82.4 Å². The maximum atomic E-state index is 4.42. The van der Waals surface area contributed by atoms with Crippen molar-refractivity contribution in [3.8, 4) is 0 Å². The molecular formula is C25H35P. The summed E-state index contributed by atoms with van der Waals surface area (Å²) in [5, 5.41) is 1.65. The Bertz CT molecular complexity index is 609. The van der Waals surface area contributed by atoms with Crippen LogP contribution in [0.25, 0.3) is 5.57 Å². The van der Waals surface area contributed by atoms with E-state index in [1.54, 1.807) is 5.30 Å². The Labute approximate surface area is 162 Å². The minimum absolute atomic E-state index is 0.0767. The van der Waals surface area contributed by atoms with Gasteiger partial charge in [-0.3, -0.25) is 0 Å². The Morgan fingerprint density at radius 3 is 2.04 bits per heavy atom. The first-order valence-corrected chi connectivity index (χ1v) is 12.1. The predicted octanol–water partition coefficient (Wildman–Crippen LogP) is 7.60. The molecule has 0 spiro atoms. The van der Waals surface area contributed by atoms with E-state index in [-0.39, 0.29) is 7.92 Å². The number of benzene rings is 1. The summed E-state index contributed by atoms with van der Waals surface area (Å²) < 4.78 is 0. The predicted molar refractivity (Wildman–Crippen MR) is 120 cm³/mol. The van der Waals surface area contributed by atoms with Gasteiger partial charge >= 0.3 is 0 Å². The van der Waals surface area contributed by atoms with Crippen LogP contribution >= 0.6 is 7.92 Å². The molecule has 0 heterocycles. The van der Waals surface area contributed by atoms with Crippen molar-refractivity contribution in [2.24, 2.45) is 0 Å². The Morgan fingerprint density at radius 2 is 1.46 bits per heavy atom. The van der Waals surface area contributed by atoms with Gasteiger partial charge < -0.3 is 0 Å². The molecule has 2 fully saturated rings. The largest absolute Gasteiger partial charge is 0.0911 e. The van der Waals surface area contributed by atoms with Gasteiger partial charge in [-0.15, -0.1) is 0 Å². The maximum absolute atomic E-state index is 4.42. The molecule has 2 saturated carbocycles. The molecule has 1 aromatic carbocycles. The van der Waals surface area contributed by atoms with E-state index in [1.165, 1.54) is 75.3 Å². The van der Waals surface area contributed by atoms with Gasteiger partial charge in [0.25, 0.3) is 0 Å². The molecule has 0 radical (unpaired) electrons. The van der Waals surface area contributed by atoms with Gasteiger partial charge in [-0.1, -0.05) is 102 Å². The van der Waals surface area contributed by atoms with E-state index in [0.717, 1.165) is 11.3 Å². The second kappa shape index (κ2) is 10.3. The fourth-order valence-corrected chi connectivity index (χ4v) is 8.73. The SMILES string of the molecule is C=C(/C=C\C=C/C)c1ccccc1P(C1CCCCC1)C1CCCCC1. The second-order valence-corrected chi connectivity index (χ2v) is 10.7. The highest BCUT2D eigenvalue weighted by Gasteiger charge is 2.33. The average molecular weight is 367 g/mol. The van der Waals surface area contributed by atoms with Gasteiger partial charge in [0.15, 0.2) is 0 Å². The molecule has 3 rings (SSSR count). The minimum atomic E-state index is -0.0767. The maximum Gasteiger partial charge on any atom is -0.0113 e. The van der Waals surface area contributed by atoms with E-state index in [9.17, 15) is 0 Å². The molecule has 1 heteroatoms. The van der Waals surface area contributed by atoms with Crippen LogP contribution in [0, 0.1) is 0 Å². The Hall–Kier alpha value is -1.13. The van der Waals surface area contributed by atoms with Gasteiger partial charge in [0.1, 0.15) is 0 Å². The van der Waals surface area contributed by atoms with Crippen LogP contribution in [0.3, 0.4) is 0 Å². The van der Waals surface area contributed by atoms with Gasteiger partial charge in [-0.25, -0.2) is 0 Å². The number of rotatable bonds is 6. The highest BCUT2D eigenvalue weighted by molar-refractivity contribution is 7.67. The van der Waals surface area contributed by atoms with Crippen LogP contribution in [0.1, 0.15) is 76.7 Å². The first-order chi connectivity index (χ1) is 12.8. The van der Waals surface area contributed by atoms with Crippen LogP contribution in [0.5, 0.6) is 0 Å². The third-order valence-corrected chi connectivity index (χ3v) is 9.62. The van der Waals surface area contributed by atoms with Crippen LogP contribution in [0.15, 0.2) is 55.1 Å². The van der Waals surface area contributed by atoms with E-state index in [2.05, 4.69) is 62.1 Å². The summed E-state index contributed by atoms with van der Waals surface area (Å²) in [4.78, 5) is 0. The molecule has 1 aromatic rings. The first-order valence-electron chi connectivity index (χ1n) is 10.7. The zero-order chi connectivity index (χ0) is 18.2. The Morgan fingerprint density at radius 1 is 0.885 bits per heavy atom. The minimum Gasteiger partial charge on any atom is -0.0911 e. The van der Waals surface area contributed by atoms with E-state index in [4.69, 9.17) is 0 Å².